The van der Waals surface area contributed by atoms with Crippen molar-refractivity contribution in [1.82, 2.24) is 8.96 Å². The maximum Gasteiger partial charge on any atom is 0.268 e. The molecule has 4 aromatic rings. The van der Waals surface area contributed by atoms with E-state index in [4.69, 9.17) is 5.73 Å². The van der Waals surface area contributed by atoms with Gasteiger partial charge in [-0.3, -0.25) is 0 Å². The topological polar surface area (TPSA) is 90.0 Å². The average molecular weight is 425 g/mol. The molecule has 0 fully saturated rings. The second-order valence-electron chi connectivity index (χ2n) is 6.82. The second-order valence-corrected chi connectivity index (χ2v) is 8.63. The van der Waals surface area contributed by atoms with Gasteiger partial charge in [0.1, 0.15) is 11.6 Å². The summed E-state index contributed by atoms with van der Waals surface area (Å²) >= 11 is 0. The van der Waals surface area contributed by atoms with Crippen LogP contribution in [0.15, 0.2) is 78.0 Å². The summed E-state index contributed by atoms with van der Waals surface area (Å²) in [6, 6.07) is 15.9. The van der Waals surface area contributed by atoms with Crippen molar-refractivity contribution in [2.75, 3.05) is 18.4 Å². The van der Waals surface area contributed by atoms with Crippen LogP contribution in [0.1, 0.15) is 6.42 Å². The van der Waals surface area contributed by atoms with E-state index >= 15 is 0 Å². The van der Waals surface area contributed by atoms with Crippen LogP contribution >= 0.6 is 0 Å². The van der Waals surface area contributed by atoms with Gasteiger partial charge in [-0.2, -0.15) is 0 Å². The van der Waals surface area contributed by atoms with Crippen LogP contribution in [0.25, 0.3) is 22.0 Å². The van der Waals surface area contributed by atoms with Crippen molar-refractivity contribution in [3.8, 4) is 11.1 Å². The number of fused-ring (bicyclic) bond motifs is 1. The van der Waals surface area contributed by atoms with Crippen LogP contribution in [0.2, 0.25) is 0 Å². The average Bonchev–Trinajstić information content (AvgIpc) is 3.14. The minimum absolute atomic E-state index is 0.135. The summed E-state index contributed by atoms with van der Waals surface area (Å²) in [6.07, 6.45) is 4.02. The van der Waals surface area contributed by atoms with Gasteiger partial charge in [0.15, 0.2) is 0 Å². The fraction of sp³-hybridized carbons (Fsp3) is 0.136. The molecule has 2 aromatic carbocycles. The molecule has 0 unspecified atom stereocenters. The lowest BCUT2D eigenvalue weighted by Gasteiger charge is -2.07. The summed E-state index contributed by atoms with van der Waals surface area (Å²) in [6.45, 7) is 1.31. The van der Waals surface area contributed by atoms with Crippen LogP contribution in [0.5, 0.6) is 0 Å². The summed E-state index contributed by atoms with van der Waals surface area (Å²) in [4.78, 5) is 4.53. The molecule has 0 radical (unpaired) electrons. The van der Waals surface area contributed by atoms with Gasteiger partial charge in [-0.05, 0) is 55.4 Å². The quantitative estimate of drug-likeness (QED) is 0.440. The molecule has 8 heteroatoms. The van der Waals surface area contributed by atoms with E-state index in [2.05, 4.69) is 10.3 Å². The van der Waals surface area contributed by atoms with E-state index < -0.39 is 15.8 Å². The Hall–Kier alpha value is -3.23. The summed E-state index contributed by atoms with van der Waals surface area (Å²) in [5, 5.41) is 3.80. The number of aromatic nitrogens is 2. The van der Waals surface area contributed by atoms with E-state index in [0.717, 1.165) is 22.5 Å². The fourth-order valence-electron chi connectivity index (χ4n) is 3.28. The first-order valence-electron chi connectivity index (χ1n) is 9.52. The van der Waals surface area contributed by atoms with Crippen LogP contribution in [0, 0.1) is 5.82 Å². The number of nitrogens with two attached hydrogens (primary N) is 1. The Morgan fingerprint density at radius 3 is 2.57 bits per heavy atom. The Kier molecular flexibility index (Phi) is 5.52. The van der Waals surface area contributed by atoms with E-state index in [1.165, 1.54) is 30.5 Å². The third-order valence-electron chi connectivity index (χ3n) is 4.80. The van der Waals surface area contributed by atoms with Gasteiger partial charge in [-0.25, -0.2) is 21.8 Å². The number of anilines is 1. The lowest BCUT2D eigenvalue weighted by Crippen LogP contribution is -2.11. The number of pyridine rings is 1. The maximum absolute atomic E-state index is 14.0. The first-order chi connectivity index (χ1) is 14.5. The van der Waals surface area contributed by atoms with Crippen LogP contribution in [0.3, 0.4) is 0 Å². The molecule has 0 amide bonds. The molecule has 0 saturated heterocycles. The van der Waals surface area contributed by atoms with Gasteiger partial charge in [0.05, 0.1) is 10.4 Å². The highest BCUT2D eigenvalue weighted by Crippen LogP contribution is 2.33. The van der Waals surface area contributed by atoms with Crippen LogP contribution in [-0.4, -0.2) is 30.5 Å². The maximum atomic E-state index is 14.0. The fourth-order valence-corrected chi connectivity index (χ4v) is 4.66. The predicted octanol–water partition coefficient (Wildman–Crippen LogP) is 3.84. The van der Waals surface area contributed by atoms with Gasteiger partial charge >= 0.3 is 0 Å². The molecule has 6 nitrogen and oxygen atoms in total. The molecule has 0 spiro atoms. The molecule has 0 aliphatic heterocycles. The van der Waals surface area contributed by atoms with Gasteiger partial charge in [0.2, 0.25) is 0 Å². The second kappa shape index (κ2) is 8.25. The van der Waals surface area contributed by atoms with Crippen molar-refractivity contribution >= 4 is 26.7 Å². The number of hydrogen-bond acceptors (Lipinski definition) is 5. The molecule has 0 bridgehead atoms. The van der Waals surface area contributed by atoms with E-state index in [1.54, 1.807) is 30.5 Å². The highest BCUT2D eigenvalue weighted by molar-refractivity contribution is 7.90. The largest absolute Gasteiger partial charge is 0.370 e. The van der Waals surface area contributed by atoms with E-state index in [0.29, 0.717) is 23.3 Å². The standard InChI is InChI=1S/C22H21FN4O2S/c23-17-8-9-19-20(16-7-10-22(26-14-16)25-12-4-11-24)15-27(21(19)13-17)30(28,29)18-5-2-1-3-6-18/h1-3,5-10,13-15H,4,11-12,24H2,(H,25,26). The molecule has 0 atom stereocenters. The van der Waals surface area contributed by atoms with Gasteiger partial charge < -0.3 is 11.1 Å². The van der Waals surface area contributed by atoms with Gasteiger partial charge in [0, 0.05) is 35.5 Å². The minimum Gasteiger partial charge on any atom is -0.370 e. The number of benzene rings is 2. The highest BCUT2D eigenvalue weighted by Gasteiger charge is 2.22. The molecule has 154 valence electrons. The van der Waals surface area contributed by atoms with E-state index in [9.17, 15) is 12.8 Å². The smallest absolute Gasteiger partial charge is 0.268 e. The van der Waals surface area contributed by atoms with E-state index in [-0.39, 0.29) is 10.4 Å². The number of halogens is 1. The van der Waals surface area contributed by atoms with Crippen LogP contribution < -0.4 is 11.1 Å². The first-order valence-corrected chi connectivity index (χ1v) is 11.0. The Bertz CT molecular complexity index is 1270. The third-order valence-corrected chi connectivity index (χ3v) is 6.48. The molecule has 0 saturated carbocycles. The Morgan fingerprint density at radius 2 is 1.87 bits per heavy atom. The molecular weight excluding hydrogens is 403 g/mol. The molecule has 4 rings (SSSR count). The molecular formula is C22H21FN4O2S. The molecule has 2 aromatic heterocycles. The van der Waals surface area contributed by atoms with Crippen molar-refractivity contribution in [2.24, 2.45) is 5.73 Å². The monoisotopic (exact) mass is 424 g/mol. The summed E-state index contributed by atoms with van der Waals surface area (Å²) in [7, 11) is -3.89. The normalized spacial score (nSPS) is 11.7. The summed E-state index contributed by atoms with van der Waals surface area (Å²) in [5.74, 6) is 0.202. The van der Waals surface area contributed by atoms with Crippen molar-refractivity contribution < 1.29 is 12.8 Å². The van der Waals surface area contributed by atoms with Gasteiger partial charge in [-0.1, -0.05) is 18.2 Å². The van der Waals surface area contributed by atoms with Crippen LogP contribution in [0.4, 0.5) is 10.2 Å². The van der Waals surface area contributed by atoms with Gasteiger partial charge in [0.25, 0.3) is 10.0 Å². The van der Waals surface area contributed by atoms with Crippen molar-refractivity contribution in [1.29, 1.82) is 0 Å². The zero-order chi connectivity index (χ0) is 21.1. The zero-order valence-corrected chi connectivity index (χ0v) is 16.9. The third kappa shape index (κ3) is 3.79. The van der Waals surface area contributed by atoms with Crippen molar-refractivity contribution in [3.05, 3.63) is 78.9 Å². The predicted molar refractivity (Wildman–Crippen MR) is 116 cm³/mol. The molecule has 2 heterocycles. The zero-order valence-electron chi connectivity index (χ0n) is 16.1. The summed E-state index contributed by atoms with van der Waals surface area (Å²) in [5.41, 5.74) is 7.17. The lowest BCUT2D eigenvalue weighted by atomic mass is 10.1. The lowest BCUT2D eigenvalue weighted by molar-refractivity contribution is 0.589. The number of nitrogens with zero attached hydrogens (tertiary/aromatic N) is 2. The van der Waals surface area contributed by atoms with Gasteiger partial charge in [-0.15, -0.1) is 0 Å². The number of nitrogens with one attached hydrogen (secondary N) is 1. The van der Waals surface area contributed by atoms with Crippen molar-refractivity contribution in [3.63, 3.8) is 0 Å². The number of rotatable bonds is 7. The summed E-state index contributed by atoms with van der Waals surface area (Å²) < 4.78 is 41.5. The molecule has 3 N–H and O–H groups in total. The Labute approximate surface area is 174 Å². The van der Waals surface area contributed by atoms with Crippen LogP contribution in [-0.2, 0) is 10.0 Å². The Balaban J connectivity index is 1.81. The SMILES string of the molecule is NCCCNc1ccc(-c2cn(S(=O)(=O)c3ccccc3)c3cc(F)ccc23)cn1. The Morgan fingerprint density at radius 1 is 1.07 bits per heavy atom. The first kappa shape index (κ1) is 20.1. The number of hydrogen-bond donors (Lipinski definition) is 2. The van der Waals surface area contributed by atoms with Crippen molar-refractivity contribution in [2.45, 2.75) is 11.3 Å². The highest BCUT2D eigenvalue weighted by atomic mass is 32.2. The molecule has 0 aliphatic rings. The molecule has 30 heavy (non-hydrogen) atoms. The molecule has 0 aliphatic carbocycles. The van der Waals surface area contributed by atoms with E-state index in [1.807, 2.05) is 12.1 Å². The minimum atomic E-state index is -3.89.